The summed E-state index contributed by atoms with van der Waals surface area (Å²) in [5.74, 6) is 3.92. The van der Waals surface area contributed by atoms with Crippen molar-refractivity contribution in [3.63, 3.8) is 0 Å². The summed E-state index contributed by atoms with van der Waals surface area (Å²) in [6.45, 7) is 5.21. The Hall–Kier alpha value is -2.50. The van der Waals surface area contributed by atoms with Crippen molar-refractivity contribution in [3.05, 3.63) is 36.0 Å². The summed E-state index contributed by atoms with van der Waals surface area (Å²) in [7, 11) is 3.30. The lowest BCUT2D eigenvalue weighted by atomic mass is 10.0. The van der Waals surface area contributed by atoms with Gasteiger partial charge in [-0.25, -0.2) is 4.98 Å². The van der Waals surface area contributed by atoms with Gasteiger partial charge in [-0.2, -0.15) is 4.98 Å². The van der Waals surface area contributed by atoms with Crippen LogP contribution in [0.2, 0.25) is 0 Å². The van der Waals surface area contributed by atoms with Gasteiger partial charge in [-0.1, -0.05) is 13.0 Å². The van der Waals surface area contributed by atoms with E-state index in [2.05, 4.69) is 33.2 Å². The molecule has 26 heavy (non-hydrogen) atoms. The van der Waals surface area contributed by atoms with Crippen LogP contribution in [0.5, 0.6) is 11.5 Å². The van der Waals surface area contributed by atoms with Gasteiger partial charge in [0.1, 0.15) is 5.82 Å². The minimum Gasteiger partial charge on any atom is -0.493 e. The monoisotopic (exact) mass is 356 g/mol. The number of methoxy groups -OCH3 is 2. The summed E-state index contributed by atoms with van der Waals surface area (Å²) in [6, 6.07) is 7.99. The fourth-order valence-corrected chi connectivity index (χ4v) is 3.36. The second-order valence-electron chi connectivity index (χ2n) is 6.80. The van der Waals surface area contributed by atoms with Gasteiger partial charge in [0.2, 0.25) is 5.95 Å². The Kier molecular flexibility index (Phi) is 6.15. The predicted molar refractivity (Wildman–Crippen MR) is 104 cm³/mol. The number of piperidine rings is 1. The van der Waals surface area contributed by atoms with Crippen molar-refractivity contribution in [3.8, 4) is 11.5 Å². The number of benzene rings is 1. The van der Waals surface area contributed by atoms with E-state index in [0.717, 1.165) is 49.3 Å². The number of hydrogen-bond donors (Lipinski definition) is 1. The molecule has 2 aromatic rings. The van der Waals surface area contributed by atoms with E-state index < -0.39 is 0 Å². The van der Waals surface area contributed by atoms with Crippen molar-refractivity contribution in [1.82, 2.24) is 9.97 Å². The lowest BCUT2D eigenvalue weighted by molar-refractivity contribution is 0.354. The fourth-order valence-electron chi connectivity index (χ4n) is 3.36. The third-order valence-corrected chi connectivity index (χ3v) is 4.77. The maximum absolute atomic E-state index is 5.36. The summed E-state index contributed by atoms with van der Waals surface area (Å²) in [5, 5.41) is 3.33. The van der Waals surface area contributed by atoms with E-state index in [1.807, 2.05) is 24.4 Å². The van der Waals surface area contributed by atoms with Crippen molar-refractivity contribution in [1.29, 1.82) is 0 Å². The average Bonchev–Trinajstić information content (AvgIpc) is 2.68. The Labute approximate surface area is 155 Å². The number of nitrogens with zero attached hydrogens (tertiary/aromatic N) is 3. The van der Waals surface area contributed by atoms with Crippen LogP contribution in [-0.4, -0.2) is 43.8 Å². The number of nitrogens with one attached hydrogen (secondary N) is 1. The van der Waals surface area contributed by atoms with Crippen LogP contribution in [0.4, 0.5) is 11.8 Å². The van der Waals surface area contributed by atoms with Crippen molar-refractivity contribution in [2.24, 2.45) is 5.92 Å². The molecule has 1 aromatic heterocycles. The van der Waals surface area contributed by atoms with Gasteiger partial charge in [0.25, 0.3) is 0 Å². The summed E-state index contributed by atoms with van der Waals surface area (Å²) < 4.78 is 10.6. The van der Waals surface area contributed by atoms with Crippen molar-refractivity contribution >= 4 is 11.8 Å². The van der Waals surface area contributed by atoms with Crippen LogP contribution in [0.1, 0.15) is 25.3 Å². The minimum absolute atomic E-state index is 0.682. The van der Waals surface area contributed by atoms with E-state index in [0.29, 0.717) is 5.95 Å². The highest BCUT2D eigenvalue weighted by Crippen LogP contribution is 2.27. The molecule has 0 aliphatic carbocycles. The molecule has 1 N–H and O–H groups in total. The average molecular weight is 356 g/mol. The molecule has 6 heteroatoms. The quantitative estimate of drug-likeness (QED) is 0.821. The van der Waals surface area contributed by atoms with E-state index in [1.165, 1.54) is 18.4 Å². The maximum Gasteiger partial charge on any atom is 0.224 e. The molecule has 1 aliphatic rings. The Morgan fingerprint density at radius 3 is 2.81 bits per heavy atom. The third kappa shape index (κ3) is 4.56. The topological polar surface area (TPSA) is 59.5 Å². The number of rotatable bonds is 7. The zero-order valence-corrected chi connectivity index (χ0v) is 15.9. The predicted octanol–water partition coefficient (Wildman–Crippen LogP) is 3.38. The lowest BCUT2D eigenvalue weighted by Gasteiger charge is -2.31. The first-order valence-corrected chi connectivity index (χ1v) is 9.22. The van der Waals surface area contributed by atoms with E-state index in [4.69, 9.17) is 9.47 Å². The number of anilines is 2. The first kappa shape index (κ1) is 18.3. The maximum atomic E-state index is 5.36. The molecule has 1 atom stereocenters. The van der Waals surface area contributed by atoms with Gasteiger partial charge in [-0.3, -0.25) is 0 Å². The Morgan fingerprint density at radius 2 is 2.04 bits per heavy atom. The Morgan fingerprint density at radius 1 is 1.19 bits per heavy atom. The molecule has 0 saturated carbocycles. The summed E-state index contributed by atoms with van der Waals surface area (Å²) >= 11 is 0. The number of hydrogen-bond acceptors (Lipinski definition) is 6. The zero-order chi connectivity index (χ0) is 18.4. The smallest absolute Gasteiger partial charge is 0.224 e. The molecule has 140 valence electrons. The van der Waals surface area contributed by atoms with Crippen molar-refractivity contribution in [2.45, 2.75) is 26.2 Å². The molecule has 1 aliphatic heterocycles. The Bertz CT molecular complexity index is 723. The first-order chi connectivity index (χ1) is 12.7. The molecule has 3 rings (SSSR count). The largest absolute Gasteiger partial charge is 0.493 e. The fraction of sp³-hybridized carbons (Fsp3) is 0.500. The van der Waals surface area contributed by atoms with E-state index in [1.54, 1.807) is 14.2 Å². The van der Waals surface area contributed by atoms with Crippen LogP contribution in [0, 0.1) is 5.92 Å². The van der Waals surface area contributed by atoms with Gasteiger partial charge in [0, 0.05) is 25.8 Å². The van der Waals surface area contributed by atoms with Gasteiger partial charge in [-0.05, 0) is 48.9 Å². The molecule has 1 saturated heterocycles. The zero-order valence-electron chi connectivity index (χ0n) is 15.9. The molecule has 1 unspecified atom stereocenters. The molecule has 1 aromatic carbocycles. The number of aromatic nitrogens is 2. The van der Waals surface area contributed by atoms with Gasteiger partial charge in [-0.15, -0.1) is 0 Å². The normalized spacial score (nSPS) is 17.0. The lowest BCUT2D eigenvalue weighted by Crippen LogP contribution is -2.34. The van der Waals surface area contributed by atoms with Gasteiger partial charge >= 0.3 is 0 Å². The van der Waals surface area contributed by atoms with Crippen LogP contribution in [0.3, 0.4) is 0 Å². The molecule has 6 nitrogen and oxygen atoms in total. The van der Waals surface area contributed by atoms with Gasteiger partial charge < -0.3 is 19.7 Å². The van der Waals surface area contributed by atoms with Crippen LogP contribution >= 0.6 is 0 Å². The molecule has 0 bridgehead atoms. The van der Waals surface area contributed by atoms with Crippen LogP contribution in [0.15, 0.2) is 30.5 Å². The molecule has 0 spiro atoms. The highest BCUT2D eigenvalue weighted by atomic mass is 16.5. The molecular weight excluding hydrogens is 328 g/mol. The van der Waals surface area contributed by atoms with Gasteiger partial charge in [0.15, 0.2) is 11.5 Å². The standard InChI is InChI=1S/C20H28N4O2/c1-15-5-4-12-24(14-15)19-9-11-22-20(23-19)21-10-8-16-6-7-17(25-2)18(13-16)26-3/h6-7,9,11,13,15H,4-5,8,10,12,14H2,1-3H3,(H,21,22,23). The molecule has 0 amide bonds. The Balaban J connectivity index is 1.57. The second-order valence-corrected chi connectivity index (χ2v) is 6.80. The molecule has 0 radical (unpaired) electrons. The van der Waals surface area contributed by atoms with E-state index in [-0.39, 0.29) is 0 Å². The first-order valence-electron chi connectivity index (χ1n) is 9.22. The summed E-state index contributed by atoms with van der Waals surface area (Å²) in [6.07, 6.45) is 5.22. The highest BCUT2D eigenvalue weighted by Gasteiger charge is 2.17. The molecular formula is C20H28N4O2. The van der Waals surface area contributed by atoms with Crippen LogP contribution in [-0.2, 0) is 6.42 Å². The highest BCUT2D eigenvalue weighted by molar-refractivity contribution is 5.44. The molecule has 1 fully saturated rings. The second kappa shape index (κ2) is 8.74. The molecule has 2 heterocycles. The number of ether oxygens (including phenoxy) is 2. The summed E-state index contributed by atoms with van der Waals surface area (Å²) in [5.41, 5.74) is 1.18. The SMILES string of the molecule is COc1ccc(CCNc2nccc(N3CCCC(C)C3)n2)cc1OC. The van der Waals surface area contributed by atoms with Crippen molar-refractivity contribution < 1.29 is 9.47 Å². The minimum atomic E-state index is 0.682. The van der Waals surface area contributed by atoms with Crippen molar-refractivity contribution in [2.75, 3.05) is 44.1 Å². The van der Waals surface area contributed by atoms with E-state index >= 15 is 0 Å². The van der Waals surface area contributed by atoms with E-state index in [9.17, 15) is 0 Å². The summed E-state index contributed by atoms with van der Waals surface area (Å²) in [4.78, 5) is 11.4. The van der Waals surface area contributed by atoms with Gasteiger partial charge in [0.05, 0.1) is 14.2 Å². The van der Waals surface area contributed by atoms with Crippen LogP contribution < -0.4 is 19.7 Å². The van der Waals surface area contributed by atoms with Crippen LogP contribution in [0.25, 0.3) is 0 Å². The third-order valence-electron chi connectivity index (χ3n) is 4.77.